The highest BCUT2D eigenvalue weighted by Crippen LogP contribution is 2.19. The first-order chi connectivity index (χ1) is 8.08. The minimum absolute atomic E-state index is 0.186. The minimum Gasteiger partial charge on any atom is -0.397 e. The van der Waals surface area contributed by atoms with Gasteiger partial charge >= 0.3 is 0 Å². The highest BCUT2D eigenvalue weighted by atomic mass is 32.1. The molecule has 7 heteroatoms. The van der Waals surface area contributed by atoms with Gasteiger partial charge in [-0.3, -0.25) is 10.1 Å². The van der Waals surface area contributed by atoms with Gasteiger partial charge in [-0.2, -0.15) is 5.10 Å². The van der Waals surface area contributed by atoms with E-state index in [0.29, 0.717) is 10.6 Å². The van der Waals surface area contributed by atoms with Crippen molar-refractivity contribution in [3.8, 4) is 0 Å². The summed E-state index contributed by atoms with van der Waals surface area (Å²) in [6, 6.07) is 1.68. The number of hydrogen-bond acceptors (Lipinski definition) is 6. The number of rotatable bonds is 2. The van der Waals surface area contributed by atoms with E-state index in [0.717, 1.165) is 11.4 Å². The van der Waals surface area contributed by atoms with Crippen LogP contribution in [0.1, 0.15) is 21.1 Å². The second-order valence-corrected chi connectivity index (χ2v) is 4.38. The summed E-state index contributed by atoms with van der Waals surface area (Å²) in [6.45, 7) is 3.61. The maximum absolute atomic E-state index is 11.8. The molecule has 88 valence electrons. The third-order valence-corrected chi connectivity index (χ3v) is 3.15. The van der Waals surface area contributed by atoms with Crippen molar-refractivity contribution in [3.05, 3.63) is 27.7 Å². The maximum atomic E-state index is 11.8. The number of nitrogens with one attached hydrogen (secondary N) is 1. The molecule has 0 saturated heterocycles. The number of carbonyl (C=O) groups is 1. The average molecular weight is 249 g/mol. The van der Waals surface area contributed by atoms with Crippen molar-refractivity contribution >= 4 is 28.9 Å². The molecule has 2 heterocycles. The standard InChI is InChI=1S/C10H11N5OS/c1-5-6(2)14-15-10(12-5)13-9(16)8-7(11)3-4-17-8/h3-4H,11H2,1-2H3,(H,12,13,15,16). The fourth-order valence-electron chi connectivity index (χ4n) is 1.17. The van der Waals surface area contributed by atoms with Crippen LogP contribution in [-0.2, 0) is 0 Å². The lowest BCUT2D eigenvalue weighted by atomic mass is 10.4. The van der Waals surface area contributed by atoms with Crippen LogP contribution >= 0.6 is 11.3 Å². The normalized spacial score (nSPS) is 10.2. The smallest absolute Gasteiger partial charge is 0.270 e. The Hall–Kier alpha value is -2.02. The predicted octanol–water partition coefficient (Wildman–Crippen LogP) is 1.38. The van der Waals surface area contributed by atoms with Crippen molar-refractivity contribution in [1.82, 2.24) is 15.2 Å². The summed E-state index contributed by atoms with van der Waals surface area (Å²) in [5.41, 5.74) is 7.56. The Labute approximate surface area is 102 Å². The van der Waals surface area contributed by atoms with Crippen LogP contribution < -0.4 is 11.1 Å². The highest BCUT2D eigenvalue weighted by molar-refractivity contribution is 7.12. The molecular formula is C10H11N5OS. The van der Waals surface area contributed by atoms with Gasteiger partial charge in [0.2, 0.25) is 5.95 Å². The van der Waals surface area contributed by atoms with Crippen molar-refractivity contribution in [2.75, 3.05) is 11.1 Å². The van der Waals surface area contributed by atoms with Gasteiger partial charge in [0.25, 0.3) is 5.91 Å². The van der Waals surface area contributed by atoms with Gasteiger partial charge in [0.15, 0.2) is 0 Å². The molecule has 0 aliphatic heterocycles. The number of aryl methyl sites for hydroxylation is 2. The van der Waals surface area contributed by atoms with Gasteiger partial charge in [0.05, 0.1) is 17.1 Å². The molecule has 0 bridgehead atoms. The highest BCUT2D eigenvalue weighted by Gasteiger charge is 2.13. The number of nitrogens with two attached hydrogens (primary N) is 1. The average Bonchev–Trinajstić information content (AvgIpc) is 2.70. The van der Waals surface area contributed by atoms with Gasteiger partial charge in [-0.05, 0) is 25.3 Å². The van der Waals surface area contributed by atoms with Gasteiger partial charge in [-0.25, -0.2) is 4.98 Å². The third-order valence-electron chi connectivity index (χ3n) is 2.22. The molecule has 0 aromatic carbocycles. The van der Waals surface area contributed by atoms with Gasteiger partial charge in [-0.1, -0.05) is 0 Å². The van der Waals surface area contributed by atoms with Crippen LogP contribution in [0, 0.1) is 13.8 Å². The first-order valence-electron chi connectivity index (χ1n) is 4.90. The van der Waals surface area contributed by atoms with Crippen molar-refractivity contribution in [1.29, 1.82) is 0 Å². The van der Waals surface area contributed by atoms with Gasteiger partial charge in [0.1, 0.15) is 4.88 Å². The zero-order valence-electron chi connectivity index (χ0n) is 9.39. The molecule has 0 radical (unpaired) electrons. The second-order valence-electron chi connectivity index (χ2n) is 3.47. The van der Waals surface area contributed by atoms with E-state index in [9.17, 15) is 4.79 Å². The van der Waals surface area contributed by atoms with Crippen LogP contribution in [-0.4, -0.2) is 21.1 Å². The van der Waals surface area contributed by atoms with E-state index in [2.05, 4.69) is 20.5 Å². The fraction of sp³-hybridized carbons (Fsp3) is 0.200. The summed E-state index contributed by atoms with van der Waals surface area (Å²) in [5.74, 6) is -0.131. The molecule has 0 aliphatic rings. The maximum Gasteiger partial charge on any atom is 0.270 e. The zero-order chi connectivity index (χ0) is 12.4. The van der Waals surface area contributed by atoms with Crippen molar-refractivity contribution in [3.63, 3.8) is 0 Å². The molecule has 3 N–H and O–H groups in total. The largest absolute Gasteiger partial charge is 0.397 e. The minimum atomic E-state index is -0.317. The van der Waals surface area contributed by atoms with E-state index < -0.39 is 0 Å². The molecule has 1 amide bonds. The Morgan fingerprint density at radius 3 is 2.71 bits per heavy atom. The summed E-state index contributed by atoms with van der Waals surface area (Å²) in [6.07, 6.45) is 0. The Balaban J connectivity index is 2.19. The summed E-state index contributed by atoms with van der Waals surface area (Å²) in [7, 11) is 0. The molecule has 0 fully saturated rings. The number of carbonyl (C=O) groups excluding carboxylic acids is 1. The Morgan fingerprint density at radius 1 is 1.35 bits per heavy atom. The van der Waals surface area contributed by atoms with E-state index in [4.69, 9.17) is 5.73 Å². The third kappa shape index (κ3) is 2.39. The first kappa shape index (κ1) is 11.5. The lowest BCUT2D eigenvalue weighted by Gasteiger charge is -2.03. The van der Waals surface area contributed by atoms with Crippen molar-refractivity contribution in [2.24, 2.45) is 0 Å². The Bertz CT molecular complexity index is 566. The van der Waals surface area contributed by atoms with E-state index >= 15 is 0 Å². The first-order valence-corrected chi connectivity index (χ1v) is 5.78. The summed E-state index contributed by atoms with van der Waals surface area (Å²) < 4.78 is 0. The second kappa shape index (κ2) is 4.46. The summed E-state index contributed by atoms with van der Waals surface area (Å²) in [4.78, 5) is 16.4. The van der Waals surface area contributed by atoms with Crippen LogP contribution in [0.25, 0.3) is 0 Å². The number of nitrogen functional groups attached to an aromatic ring is 1. The molecule has 0 saturated carbocycles. The lowest BCUT2D eigenvalue weighted by Crippen LogP contribution is -2.15. The quantitative estimate of drug-likeness (QED) is 0.838. The van der Waals surface area contributed by atoms with Gasteiger partial charge in [0, 0.05) is 0 Å². The molecule has 2 rings (SSSR count). The predicted molar refractivity (Wildman–Crippen MR) is 66.0 cm³/mol. The zero-order valence-corrected chi connectivity index (χ0v) is 10.2. The molecule has 0 atom stereocenters. The van der Waals surface area contributed by atoms with Gasteiger partial charge in [-0.15, -0.1) is 16.4 Å². The molecule has 6 nitrogen and oxygen atoms in total. The Kier molecular flexibility index (Phi) is 3.01. The topological polar surface area (TPSA) is 93.8 Å². The van der Waals surface area contributed by atoms with Crippen LogP contribution in [0.3, 0.4) is 0 Å². The number of anilines is 2. The number of amides is 1. The van der Waals surface area contributed by atoms with E-state index in [1.165, 1.54) is 11.3 Å². The van der Waals surface area contributed by atoms with E-state index in [-0.39, 0.29) is 11.9 Å². The van der Waals surface area contributed by atoms with Crippen LogP contribution in [0.4, 0.5) is 11.6 Å². The summed E-state index contributed by atoms with van der Waals surface area (Å²) in [5, 5.41) is 12.0. The van der Waals surface area contributed by atoms with Crippen LogP contribution in [0.15, 0.2) is 11.4 Å². The Morgan fingerprint density at radius 2 is 2.12 bits per heavy atom. The molecule has 17 heavy (non-hydrogen) atoms. The molecule has 0 unspecified atom stereocenters. The van der Waals surface area contributed by atoms with Gasteiger partial charge < -0.3 is 5.73 Å². The van der Waals surface area contributed by atoms with E-state index in [1.807, 2.05) is 0 Å². The number of thiophene rings is 1. The number of hydrogen-bond donors (Lipinski definition) is 2. The number of nitrogens with zero attached hydrogens (tertiary/aromatic N) is 3. The molecule has 0 aliphatic carbocycles. The molecule has 2 aromatic heterocycles. The molecular weight excluding hydrogens is 238 g/mol. The molecule has 0 spiro atoms. The monoisotopic (exact) mass is 249 g/mol. The molecule has 2 aromatic rings. The van der Waals surface area contributed by atoms with Crippen molar-refractivity contribution < 1.29 is 4.79 Å². The van der Waals surface area contributed by atoms with E-state index in [1.54, 1.807) is 25.3 Å². The van der Waals surface area contributed by atoms with Crippen LogP contribution in [0.2, 0.25) is 0 Å². The SMILES string of the molecule is Cc1nnc(NC(=O)c2sccc2N)nc1C. The summed E-state index contributed by atoms with van der Waals surface area (Å²) >= 11 is 1.27. The lowest BCUT2D eigenvalue weighted by molar-refractivity contribution is 0.103. The number of aromatic nitrogens is 3. The van der Waals surface area contributed by atoms with Crippen LogP contribution in [0.5, 0.6) is 0 Å². The van der Waals surface area contributed by atoms with Crippen molar-refractivity contribution in [2.45, 2.75) is 13.8 Å². The fourth-order valence-corrected chi connectivity index (χ4v) is 1.88.